The molecule has 0 unspecified atom stereocenters. The first-order valence-electron chi connectivity index (χ1n) is 15.7. The van der Waals surface area contributed by atoms with E-state index in [4.69, 9.17) is 19.4 Å². The minimum absolute atomic E-state index is 0.0887. The van der Waals surface area contributed by atoms with E-state index in [2.05, 4.69) is 38.8 Å². The highest BCUT2D eigenvalue weighted by Gasteiger charge is 2.22. The number of anilines is 2. The van der Waals surface area contributed by atoms with Crippen LogP contribution in [0.15, 0.2) is 67.0 Å². The summed E-state index contributed by atoms with van der Waals surface area (Å²) in [4.78, 5) is 31.1. The van der Waals surface area contributed by atoms with E-state index in [1.54, 1.807) is 6.20 Å². The van der Waals surface area contributed by atoms with E-state index in [1.165, 1.54) is 19.3 Å². The fourth-order valence-corrected chi connectivity index (χ4v) is 6.74. The van der Waals surface area contributed by atoms with Crippen molar-refractivity contribution in [3.8, 4) is 33.9 Å². The Morgan fingerprint density at radius 3 is 2.76 bits per heavy atom. The van der Waals surface area contributed by atoms with Crippen LogP contribution in [-0.2, 0) is 4.79 Å². The summed E-state index contributed by atoms with van der Waals surface area (Å²) in [6.45, 7) is 2.93. The Morgan fingerprint density at radius 1 is 0.956 bits per heavy atom. The fourth-order valence-electron chi connectivity index (χ4n) is 6.74. The number of carbonyl (C=O) groups is 1. The van der Waals surface area contributed by atoms with E-state index in [-0.39, 0.29) is 12.7 Å². The largest absolute Gasteiger partial charge is 0.454 e. The number of hydrogen-bond acceptors (Lipinski definition) is 7. The van der Waals surface area contributed by atoms with Crippen LogP contribution < -0.4 is 20.1 Å². The van der Waals surface area contributed by atoms with Gasteiger partial charge in [-0.2, -0.15) is 0 Å². The Kier molecular flexibility index (Phi) is 6.93. The summed E-state index contributed by atoms with van der Waals surface area (Å²) in [7, 11) is 0. The van der Waals surface area contributed by atoms with Gasteiger partial charge in [0.05, 0.1) is 34.3 Å². The highest BCUT2D eigenvalue weighted by molar-refractivity contribution is 5.95. The van der Waals surface area contributed by atoms with Crippen molar-refractivity contribution < 1.29 is 14.3 Å². The lowest BCUT2D eigenvalue weighted by atomic mass is 9.87. The molecule has 5 heterocycles. The number of aromatic amines is 1. The molecule has 45 heavy (non-hydrogen) atoms. The SMILES string of the molecule is Cc1cc(NC(=O)CC2CCCCC2)cc(-c2ccc3c(n2)C(c2nc4c(-c5ccc6c(c5)OCO6)cncc4[nH]2)=CCN3)c1. The highest BCUT2D eigenvalue weighted by Crippen LogP contribution is 2.39. The van der Waals surface area contributed by atoms with Crippen LogP contribution in [0.25, 0.3) is 39.0 Å². The molecular formula is C36H34N6O3. The third-order valence-corrected chi connectivity index (χ3v) is 8.94. The van der Waals surface area contributed by atoms with Crippen LogP contribution in [0, 0.1) is 12.8 Å². The molecule has 2 aromatic carbocycles. The van der Waals surface area contributed by atoms with Gasteiger partial charge in [0.25, 0.3) is 0 Å². The van der Waals surface area contributed by atoms with Crippen LogP contribution in [0.1, 0.15) is 55.6 Å². The molecule has 0 atom stereocenters. The van der Waals surface area contributed by atoms with Gasteiger partial charge in [-0.15, -0.1) is 0 Å². The van der Waals surface area contributed by atoms with Crippen molar-refractivity contribution in [3.05, 3.63) is 84.1 Å². The first-order chi connectivity index (χ1) is 22.1. The lowest BCUT2D eigenvalue weighted by molar-refractivity contribution is -0.117. The van der Waals surface area contributed by atoms with E-state index in [9.17, 15) is 4.79 Å². The van der Waals surface area contributed by atoms with Crippen molar-refractivity contribution in [1.29, 1.82) is 0 Å². The topological polar surface area (TPSA) is 114 Å². The molecule has 0 radical (unpaired) electrons. The number of aryl methyl sites for hydroxylation is 1. The monoisotopic (exact) mass is 598 g/mol. The summed E-state index contributed by atoms with van der Waals surface area (Å²) in [6, 6.07) is 16.1. The normalized spacial score (nSPS) is 15.8. The van der Waals surface area contributed by atoms with Crippen LogP contribution >= 0.6 is 0 Å². The number of imidazole rings is 1. The molecule has 0 bridgehead atoms. The van der Waals surface area contributed by atoms with E-state index in [0.29, 0.717) is 18.9 Å². The number of hydrogen-bond donors (Lipinski definition) is 3. The molecule has 3 aliphatic rings. The number of aromatic nitrogens is 4. The van der Waals surface area contributed by atoms with Gasteiger partial charge in [-0.05, 0) is 79.3 Å². The van der Waals surface area contributed by atoms with Gasteiger partial charge >= 0.3 is 0 Å². The quantitative estimate of drug-likeness (QED) is 0.186. The standard InChI is InChI=1S/C36H34N6O3/c1-21-13-24(16-25(14-21)39-33(43)15-22-5-3-2-4-6-22)28-8-9-29-34(40-28)26(11-12-38-29)36-41-30-19-37-18-27(35(30)42-36)23-7-10-31-32(17-23)45-20-44-31/h7-11,13-14,16-19,22,38H,2-6,12,15,20H2,1H3,(H,39,43)(H,41,42). The van der Waals surface area contributed by atoms with Crippen molar-refractivity contribution in [1.82, 2.24) is 19.9 Å². The lowest BCUT2D eigenvalue weighted by Gasteiger charge is -2.21. The molecule has 1 saturated carbocycles. The summed E-state index contributed by atoms with van der Waals surface area (Å²) in [6.07, 6.45) is 12.4. The molecule has 3 aromatic heterocycles. The van der Waals surface area contributed by atoms with Crippen LogP contribution in [0.2, 0.25) is 0 Å². The van der Waals surface area contributed by atoms with Crippen molar-refractivity contribution in [2.45, 2.75) is 45.4 Å². The number of amides is 1. The number of carbonyl (C=O) groups excluding carboxylic acids is 1. The summed E-state index contributed by atoms with van der Waals surface area (Å²) >= 11 is 0. The molecular weight excluding hydrogens is 564 g/mol. The second-order valence-corrected chi connectivity index (χ2v) is 12.2. The average molecular weight is 599 g/mol. The molecule has 0 spiro atoms. The zero-order chi connectivity index (χ0) is 30.3. The average Bonchev–Trinajstić information content (AvgIpc) is 3.71. The van der Waals surface area contributed by atoms with E-state index in [0.717, 1.165) is 91.8 Å². The number of nitrogens with zero attached hydrogens (tertiary/aromatic N) is 3. The second-order valence-electron chi connectivity index (χ2n) is 12.2. The number of ether oxygens (including phenoxy) is 2. The summed E-state index contributed by atoms with van der Waals surface area (Å²) < 4.78 is 11.1. The molecule has 226 valence electrons. The van der Waals surface area contributed by atoms with Crippen molar-refractivity contribution in [2.75, 3.05) is 24.0 Å². The number of H-pyrrole nitrogens is 1. The van der Waals surface area contributed by atoms with Gasteiger partial charge in [-0.3, -0.25) is 9.78 Å². The van der Waals surface area contributed by atoms with E-state index in [1.807, 2.05) is 49.5 Å². The summed E-state index contributed by atoms with van der Waals surface area (Å²) in [5, 5.41) is 6.61. The molecule has 5 aromatic rings. The van der Waals surface area contributed by atoms with Crippen LogP contribution in [0.4, 0.5) is 11.4 Å². The van der Waals surface area contributed by atoms with Crippen molar-refractivity contribution in [3.63, 3.8) is 0 Å². The minimum atomic E-state index is 0.0887. The maximum Gasteiger partial charge on any atom is 0.231 e. The molecule has 0 saturated heterocycles. The number of fused-ring (bicyclic) bond motifs is 3. The molecule has 1 aliphatic carbocycles. The molecule has 9 nitrogen and oxygen atoms in total. The summed E-state index contributed by atoms with van der Waals surface area (Å²) in [5.74, 6) is 2.76. The van der Waals surface area contributed by atoms with Crippen LogP contribution in [0.3, 0.4) is 0 Å². The maximum absolute atomic E-state index is 12.9. The van der Waals surface area contributed by atoms with Crippen LogP contribution in [0.5, 0.6) is 11.5 Å². The van der Waals surface area contributed by atoms with Gasteiger partial charge in [0.1, 0.15) is 5.82 Å². The molecule has 8 rings (SSSR count). The molecule has 3 N–H and O–H groups in total. The first-order valence-corrected chi connectivity index (χ1v) is 15.7. The van der Waals surface area contributed by atoms with Gasteiger partial charge in [0.2, 0.25) is 12.7 Å². The highest BCUT2D eigenvalue weighted by atomic mass is 16.7. The third kappa shape index (κ3) is 5.39. The maximum atomic E-state index is 12.9. The number of rotatable bonds is 6. The predicted molar refractivity (Wildman–Crippen MR) is 175 cm³/mol. The molecule has 9 heteroatoms. The molecule has 1 fully saturated rings. The van der Waals surface area contributed by atoms with Gasteiger partial charge in [-0.25, -0.2) is 9.97 Å². The summed E-state index contributed by atoms with van der Waals surface area (Å²) in [5.41, 5.74) is 9.86. The number of benzene rings is 2. The number of nitrogens with one attached hydrogen (secondary N) is 3. The Balaban J connectivity index is 1.10. The van der Waals surface area contributed by atoms with Crippen molar-refractivity contribution in [2.24, 2.45) is 5.92 Å². The van der Waals surface area contributed by atoms with Gasteiger partial charge < -0.3 is 25.1 Å². The number of pyridine rings is 2. The second kappa shape index (κ2) is 11.4. The van der Waals surface area contributed by atoms with Gasteiger partial charge in [0.15, 0.2) is 11.5 Å². The molecule has 1 amide bonds. The smallest absolute Gasteiger partial charge is 0.231 e. The Labute approximate surface area is 261 Å². The zero-order valence-corrected chi connectivity index (χ0v) is 25.2. The van der Waals surface area contributed by atoms with E-state index >= 15 is 0 Å². The predicted octanol–water partition coefficient (Wildman–Crippen LogP) is 7.49. The Morgan fingerprint density at radius 2 is 1.84 bits per heavy atom. The van der Waals surface area contributed by atoms with Crippen LogP contribution in [-0.4, -0.2) is 39.2 Å². The zero-order valence-electron chi connectivity index (χ0n) is 25.2. The Bertz CT molecular complexity index is 1970. The lowest BCUT2D eigenvalue weighted by Crippen LogP contribution is -2.18. The third-order valence-electron chi connectivity index (χ3n) is 8.94. The van der Waals surface area contributed by atoms with E-state index < -0.39 is 0 Å². The minimum Gasteiger partial charge on any atom is -0.454 e. The van der Waals surface area contributed by atoms with Gasteiger partial charge in [-0.1, -0.05) is 31.4 Å². The van der Waals surface area contributed by atoms with Crippen molar-refractivity contribution >= 4 is 33.9 Å². The molecule has 2 aliphatic heterocycles. The Hall–Kier alpha value is -5.18. The van der Waals surface area contributed by atoms with Gasteiger partial charge in [0, 0.05) is 41.5 Å². The fraction of sp³-hybridized carbons (Fsp3) is 0.278. The first kappa shape index (κ1) is 27.4.